The van der Waals surface area contributed by atoms with Crippen LogP contribution in [0.3, 0.4) is 0 Å². The predicted octanol–water partition coefficient (Wildman–Crippen LogP) is 1.83. The number of urea groups is 1. The van der Waals surface area contributed by atoms with Crippen molar-refractivity contribution in [3.05, 3.63) is 11.5 Å². The Labute approximate surface area is 107 Å². The number of nitrogens with one attached hydrogen (secondary N) is 2. The van der Waals surface area contributed by atoms with Crippen molar-refractivity contribution >= 4 is 11.7 Å². The summed E-state index contributed by atoms with van der Waals surface area (Å²) < 4.78 is 5.07. The summed E-state index contributed by atoms with van der Waals surface area (Å²) in [6.45, 7) is 5.92. The number of hydrogen-bond donors (Lipinski definition) is 3. The molecule has 0 aliphatic carbocycles. The number of amides is 2. The molecule has 6 heteroatoms. The van der Waals surface area contributed by atoms with E-state index in [0.717, 1.165) is 6.42 Å². The normalized spacial score (nSPS) is 12.2. The molecule has 18 heavy (non-hydrogen) atoms. The summed E-state index contributed by atoms with van der Waals surface area (Å²) >= 11 is 0. The quantitative estimate of drug-likeness (QED) is 0.723. The predicted molar refractivity (Wildman–Crippen MR) is 68.6 cm³/mol. The molecule has 1 heterocycles. The molecule has 6 nitrogen and oxygen atoms in total. The number of aryl methyl sites for hydroxylation is 2. The number of rotatable bonds is 6. The molecule has 2 amide bonds. The van der Waals surface area contributed by atoms with Gasteiger partial charge in [0.1, 0.15) is 11.4 Å². The van der Waals surface area contributed by atoms with Crippen molar-refractivity contribution in [2.75, 3.05) is 11.9 Å². The Morgan fingerprint density at radius 2 is 2.22 bits per heavy atom. The lowest BCUT2D eigenvalue weighted by molar-refractivity contribution is 0.162. The van der Waals surface area contributed by atoms with Crippen molar-refractivity contribution in [1.82, 2.24) is 10.5 Å². The highest BCUT2D eigenvalue weighted by molar-refractivity contribution is 5.90. The molecule has 0 spiro atoms. The summed E-state index contributed by atoms with van der Waals surface area (Å²) in [5.41, 5.74) is 1.26. The summed E-state index contributed by atoms with van der Waals surface area (Å²) in [6.07, 6.45) is 1.71. The maximum Gasteiger partial charge on any atom is 0.319 e. The molecule has 0 bridgehead atoms. The van der Waals surface area contributed by atoms with Gasteiger partial charge in [0, 0.05) is 13.0 Å². The van der Waals surface area contributed by atoms with Crippen molar-refractivity contribution in [1.29, 1.82) is 0 Å². The molecule has 1 aromatic rings. The molecule has 1 rings (SSSR count). The summed E-state index contributed by atoms with van der Waals surface area (Å²) in [5.74, 6) is 0.650. The largest absolute Gasteiger partial charge is 0.391 e. The van der Waals surface area contributed by atoms with E-state index in [1.807, 2.05) is 13.8 Å². The highest BCUT2D eigenvalue weighted by Crippen LogP contribution is 2.20. The van der Waals surface area contributed by atoms with Crippen LogP contribution in [0.5, 0.6) is 0 Å². The van der Waals surface area contributed by atoms with Gasteiger partial charge < -0.3 is 20.3 Å². The standard InChI is InChI=1S/C12H21N3O3/c1-4-6-9(16)7-13-12(17)14-11-8(3)15-18-10(11)5-2/h9,16H,4-7H2,1-3H3,(H2,13,14,17). The van der Waals surface area contributed by atoms with Gasteiger partial charge in [0.2, 0.25) is 0 Å². The van der Waals surface area contributed by atoms with Crippen LogP contribution in [0.4, 0.5) is 10.5 Å². The number of carbonyl (C=O) groups is 1. The second kappa shape index (κ2) is 7.00. The zero-order chi connectivity index (χ0) is 13.5. The number of hydrogen-bond acceptors (Lipinski definition) is 4. The van der Waals surface area contributed by atoms with E-state index in [4.69, 9.17) is 4.52 Å². The minimum absolute atomic E-state index is 0.242. The van der Waals surface area contributed by atoms with Crippen molar-refractivity contribution in [2.24, 2.45) is 0 Å². The number of aliphatic hydroxyl groups excluding tert-OH is 1. The highest BCUT2D eigenvalue weighted by atomic mass is 16.5. The smallest absolute Gasteiger partial charge is 0.319 e. The lowest BCUT2D eigenvalue weighted by Crippen LogP contribution is -2.35. The lowest BCUT2D eigenvalue weighted by Gasteiger charge is -2.11. The number of anilines is 1. The Morgan fingerprint density at radius 3 is 2.83 bits per heavy atom. The number of aromatic nitrogens is 1. The Bertz CT molecular complexity index is 390. The first-order valence-electron chi connectivity index (χ1n) is 6.26. The Hall–Kier alpha value is -1.56. The van der Waals surface area contributed by atoms with Gasteiger partial charge in [-0.3, -0.25) is 0 Å². The first-order chi connectivity index (χ1) is 8.58. The number of aliphatic hydroxyl groups is 1. The van der Waals surface area contributed by atoms with Gasteiger partial charge in [0.15, 0.2) is 5.76 Å². The second-order valence-electron chi connectivity index (χ2n) is 4.20. The van der Waals surface area contributed by atoms with Crippen LogP contribution in [0.2, 0.25) is 0 Å². The minimum atomic E-state index is -0.505. The lowest BCUT2D eigenvalue weighted by atomic mass is 10.2. The fourth-order valence-electron chi connectivity index (χ4n) is 1.62. The molecule has 0 aliphatic rings. The zero-order valence-corrected chi connectivity index (χ0v) is 11.1. The maximum absolute atomic E-state index is 11.6. The molecule has 0 saturated carbocycles. The molecule has 0 aliphatic heterocycles. The molecular formula is C12H21N3O3. The van der Waals surface area contributed by atoms with E-state index in [0.29, 0.717) is 30.0 Å². The van der Waals surface area contributed by atoms with Gasteiger partial charge >= 0.3 is 6.03 Å². The second-order valence-corrected chi connectivity index (χ2v) is 4.20. The van der Waals surface area contributed by atoms with Crippen LogP contribution in [-0.2, 0) is 6.42 Å². The van der Waals surface area contributed by atoms with Gasteiger partial charge in [-0.05, 0) is 13.3 Å². The van der Waals surface area contributed by atoms with Gasteiger partial charge in [-0.25, -0.2) is 4.79 Å². The van der Waals surface area contributed by atoms with Crippen LogP contribution in [0, 0.1) is 6.92 Å². The minimum Gasteiger partial charge on any atom is -0.391 e. The van der Waals surface area contributed by atoms with Gasteiger partial charge in [0.25, 0.3) is 0 Å². The Morgan fingerprint density at radius 1 is 1.50 bits per heavy atom. The molecule has 1 unspecified atom stereocenters. The summed E-state index contributed by atoms with van der Waals surface area (Å²) in [5, 5.41) is 18.6. The fourth-order valence-corrected chi connectivity index (χ4v) is 1.62. The molecule has 3 N–H and O–H groups in total. The van der Waals surface area contributed by atoms with Gasteiger partial charge in [0.05, 0.1) is 6.10 Å². The van der Waals surface area contributed by atoms with Crippen molar-refractivity contribution in [3.8, 4) is 0 Å². The van der Waals surface area contributed by atoms with Crippen molar-refractivity contribution in [2.45, 2.75) is 46.1 Å². The highest BCUT2D eigenvalue weighted by Gasteiger charge is 2.14. The molecule has 0 aromatic carbocycles. The summed E-state index contributed by atoms with van der Waals surface area (Å²) in [6, 6.07) is -0.355. The Kier molecular flexibility index (Phi) is 5.64. The van der Waals surface area contributed by atoms with E-state index in [9.17, 15) is 9.90 Å². The van der Waals surface area contributed by atoms with Crippen LogP contribution < -0.4 is 10.6 Å². The average molecular weight is 255 g/mol. The molecule has 1 aromatic heterocycles. The number of nitrogens with zero attached hydrogens (tertiary/aromatic N) is 1. The molecule has 0 saturated heterocycles. The maximum atomic E-state index is 11.6. The van der Waals surface area contributed by atoms with E-state index < -0.39 is 6.10 Å². The third-order valence-electron chi connectivity index (χ3n) is 2.61. The van der Waals surface area contributed by atoms with E-state index in [1.54, 1.807) is 6.92 Å². The summed E-state index contributed by atoms with van der Waals surface area (Å²) in [4.78, 5) is 11.6. The summed E-state index contributed by atoms with van der Waals surface area (Å²) in [7, 11) is 0. The molecule has 0 fully saturated rings. The van der Waals surface area contributed by atoms with E-state index in [1.165, 1.54) is 0 Å². The van der Waals surface area contributed by atoms with Crippen molar-refractivity contribution in [3.63, 3.8) is 0 Å². The first-order valence-corrected chi connectivity index (χ1v) is 6.26. The van der Waals surface area contributed by atoms with Crippen LogP contribution in [-0.4, -0.2) is 28.9 Å². The van der Waals surface area contributed by atoms with Gasteiger partial charge in [-0.15, -0.1) is 0 Å². The van der Waals surface area contributed by atoms with Gasteiger partial charge in [-0.1, -0.05) is 25.4 Å². The molecular weight excluding hydrogens is 234 g/mol. The Balaban J connectivity index is 2.47. The van der Waals surface area contributed by atoms with Crippen molar-refractivity contribution < 1.29 is 14.4 Å². The third-order valence-corrected chi connectivity index (χ3v) is 2.61. The monoisotopic (exact) mass is 255 g/mol. The average Bonchev–Trinajstić information content (AvgIpc) is 2.68. The van der Waals surface area contributed by atoms with Crippen LogP contribution >= 0.6 is 0 Å². The van der Waals surface area contributed by atoms with E-state index in [-0.39, 0.29) is 12.6 Å². The number of carbonyl (C=O) groups excluding carboxylic acids is 1. The SMILES string of the molecule is CCCC(O)CNC(=O)Nc1c(C)noc1CC. The molecule has 0 radical (unpaired) electrons. The van der Waals surface area contributed by atoms with Crippen LogP contribution in [0.15, 0.2) is 4.52 Å². The van der Waals surface area contributed by atoms with Crippen LogP contribution in [0.25, 0.3) is 0 Å². The first kappa shape index (κ1) is 14.5. The molecule has 1 atom stereocenters. The molecule has 102 valence electrons. The van der Waals surface area contributed by atoms with Gasteiger partial charge in [-0.2, -0.15) is 0 Å². The van der Waals surface area contributed by atoms with Crippen LogP contribution in [0.1, 0.15) is 38.1 Å². The fraction of sp³-hybridized carbons (Fsp3) is 0.667. The van der Waals surface area contributed by atoms with E-state index in [2.05, 4.69) is 15.8 Å². The van der Waals surface area contributed by atoms with E-state index >= 15 is 0 Å². The topological polar surface area (TPSA) is 87.4 Å². The third kappa shape index (κ3) is 4.03. The zero-order valence-electron chi connectivity index (χ0n) is 11.1.